The maximum absolute atomic E-state index is 5.78. The Hall–Kier alpha value is -2.80. The van der Waals surface area contributed by atoms with E-state index >= 15 is 0 Å². The quantitative estimate of drug-likeness (QED) is 0.392. The number of aromatic nitrogens is 2. The second-order valence-corrected chi connectivity index (χ2v) is 9.64. The average Bonchev–Trinajstić information content (AvgIpc) is 2.73. The van der Waals surface area contributed by atoms with Gasteiger partial charge in [0.1, 0.15) is 24.6 Å². The lowest BCUT2D eigenvalue weighted by Gasteiger charge is -2.23. The Balaban J connectivity index is 1.61. The molecule has 33 heavy (non-hydrogen) atoms. The number of methoxy groups -OCH3 is 1. The number of hydrogen-bond donors (Lipinski definition) is 0. The maximum atomic E-state index is 5.78. The van der Waals surface area contributed by atoms with E-state index in [1.807, 2.05) is 32.9 Å². The van der Waals surface area contributed by atoms with E-state index in [9.17, 15) is 0 Å². The molecule has 0 fully saturated rings. The number of ether oxygens (including phenoxy) is 1. The molecule has 0 unspecified atom stereocenters. The van der Waals surface area contributed by atoms with Crippen molar-refractivity contribution >= 4 is 11.4 Å². The van der Waals surface area contributed by atoms with E-state index in [0.29, 0.717) is 19.8 Å². The number of pyridine rings is 2. The molecule has 2 heterocycles. The lowest BCUT2D eigenvalue weighted by Crippen LogP contribution is -2.25. The van der Waals surface area contributed by atoms with Gasteiger partial charge in [-0.2, -0.15) is 0 Å². The molecular weight excluding hydrogens is 416 g/mol. The summed E-state index contributed by atoms with van der Waals surface area (Å²) in [6, 6.07) is 6.15. The summed E-state index contributed by atoms with van der Waals surface area (Å²) >= 11 is 0. The van der Waals surface area contributed by atoms with Gasteiger partial charge in [-0.3, -0.25) is 4.98 Å². The van der Waals surface area contributed by atoms with Crippen LogP contribution in [0.3, 0.4) is 0 Å². The summed E-state index contributed by atoms with van der Waals surface area (Å²) in [6.07, 6.45) is 2.93. The molecule has 2 aromatic heterocycles. The number of fused-ring (bicyclic) bond motifs is 1. The van der Waals surface area contributed by atoms with Crippen molar-refractivity contribution in [1.29, 1.82) is 0 Å². The van der Waals surface area contributed by atoms with Gasteiger partial charge in [0.2, 0.25) is 0 Å². The van der Waals surface area contributed by atoms with Gasteiger partial charge in [-0.05, 0) is 81.8 Å². The Labute approximate surface area is 197 Å². The zero-order chi connectivity index (χ0) is 24.0. The van der Waals surface area contributed by atoms with Crippen LogP contribution in [0.1, 0.15) is 73.1 Å². The van der Waals surface area contributed by atoms with Crippen molar-refractivity contribution in [2.24, 2.45) is 15.7 Å². The van der Waals surface area contributed by atoms with Crippen LogP contribution in [0.4, 0.5) is 0 Å². The van der Waals surface area contributed by atoms with Crippen molar-refractivity contribution in [3.8, 4) is 0 Å². The highest BCUT2D eigenvalue weighted by atomic mass is 16.6. The van der Waals surface area contributed by atoms with Crippen LogP contribution in [0.5, 0.6) is 0 Å². The van der Waals surface area contributed by atoms with Gasteiger partial charge >= 0.3 is 0 Å². The molecule has 0 N–H and O–H groups in total. The zero-order valence-corrected chi connectivity index (χ0v) is 21.0. The van der Waals surface area contributed by atoms with Gasteiger partial charge in [-0.25, -0.2) is 4.98 Å². The Morgan fingerprint density at radius 2 is 1.79 bits per heavy atom. The summed E-state index contributed by atoms with van der Waals surface area (Å²) in [4.78, 5) is 20.7. The van der Waals surface area contributed by atoms with Crippen LogP contribution in [0.2, 0.25) is 0 Å². The lowest BCUT2D eigenvalue weighted by molar-refractivity contribution is -0.000161. The SMILES string of the molecule is COCc1cc(C)c2c(n1)C(=NOCC(C)(C)CON=C(C)c1cc(C)cc(C)n1)CCC2. The summed E-state index contributed by atoms with van der Waals surface area (Å²) in [7, 11) is 1.68. The third-order valence-electron chi connectivity index (χ3n) is 5.56. The summed E-state index contributed by atoms with van der Waals surface area (Å²) in [5, 5.41) is 8.74. The molecule has 0 bridgehead atoms. The minimum absolute atomic E-state index is 0.261. The monoisotopic (exact) mass is 452 g/mol. The Kier molecular flexibility index (Phi) is 8.19. The molecule has 0 atom stereocenters. The Morgan fingerprint density at radius 1 is 1.03 bits per heavy atom. The van der Waals surface area contributed by atoms with Crippen molar-refractivity contribution in [1.82, 2.24) is 9.97 Å². The molecule has 1 aliphatic carbocycles. The molecule has 0 aliphatic heterocycles. The standard InChI is InChI=1S/C26H36N4O3/c1-17-11-19(3)27-24(12-17)20(4)29-32-15-26(5,6)16-33-30-23-10-8-9-22-18(2)13-21(14-31-7)28-25(22)23/h11-13H,8-10,14-16H2,1-7H3. The van der Waals surface area contributed by atoms with E-state index in [4.69, 9.17) is 19.4 Å². The van der Waals surface area contributed by atoms with Crippen LogP contribution < -0.4 is 0 Å². The van der Waals surface area contributed by atoms with E-state index in [1.54, 1.807) is 7.11 Å². The summed E-state index contributed by atoms with van der Waals surface area (Å²) in [6.45, 7) is 13.5. The van der Waals surface area contributed by atoms with E-state index < -0.39 is 0 Å². The first kappa shape index (κ1) is 24.8. The first-order valence-corrected chi connectivity index (χ1v) is 11.5. The second-order valence-electron chi connectivity index (χ2n) is 9.64. The fourth-order valence-corrected chi connectivity index (χ4v) is 3.89. The van der Waals surface area contributed by atoms with Crippen LogP contribution in [0.15, 0.2) is 28.5 Å². The highest BCUT2D eigenvalue weighted by molar-refractivity contribution is 6.01. The van der Waals surface area contributed by atoms with Gasteiger partial charge in [-0.1, -0.05) is 24.2 Å². The Bertz CT molecular complexity index is 1020. The Morgan fingerprint density at radius 3 is 2.52 bits per heavy atom. The van der Waals surface area contributed by atoms with Gasteiger partial charge in [0, 0.05) is 18.2 Å². The summed E-state index contributed by atoms with van der Waals surface area (Å²) in [5.74, 6) is 0. The van der Waals surface area contributed by atoms with E-state index in [-0.39, 0.29) is 5.41 Å². The first-order valence-electron chi connectivity index (χ1n) is 11.5. The fourth-order valence-electron chi connectivity index (χ4n) is 3.89. The van der Waals surface area contributed by atoms with Crippen LogP contribution in [0.25, 0.3) is 0 Å². The molecule has 7 heteroatoms. The summed E-state index contributed by atoms with van der Waals surface area (Å²) < 4.78 is 5.27. The van der Waals surface area contributed by atoms with Crippen molar-refractivity contribution in [2.45, 2.75) is 67.4 Å². The van der Waals surface area contributed by atoms with Gasteiger partial charge < -0.3 is 14.4 Å². The van der Waals surface area contributed by atoms with Gasteiger partial charge in [0.15, 0.2) is 0 Å². The second kappa shape index (κ2) is 10.9. The van der Waals surface area contributed by atoms with Crippen LogP contribution in [0, 0.1) is 26.2 Å². The fraction of sp³-hybridized carbons (Fsp3) is 0.538. The first-order chi connectivity index (χ1) is 15.7. The minimum atomic E-state index is -0.261. The molecule has 3 rings (SSSR count). The van der Waals surface area contributed by atoms with Gasteiger partial charge in [-0.15, -0.1) is 0 Å². The number of oxime groups is 2. The van der Waals surface area contributed by atoms with Crippen LogP contribution >= 0.6 is 0 Å². The largest absolute Gasteiger partial charge is 0.395 e. The molecule has 0 amide bonds. The lowest BCUT2D eigenvalue weighted by atomic mass is 9.91. The number of aryl methyl sites for hydroxylation is 3. The van der Waals surface area contributed by atoms with E-state index in [0.717, 1.165) is 59.0 Å². The molecule has 0 saturated heterocycles. The molecular formula is C26H36N4O3. The molecule has 7 nitrogen and oxygen atoms in total. The number of rotatable bonds is 9. The third-order valence-corrected chi connectivity index (χ3v) is 5.56. The molecule has 0 radical (unpaired) electrons. The smallest absolute Gasteiger partial charge is 0.125 e. The van der Waals surface area contributed by atoms with Crippen molar-refractivity contribution in [2.75, 3.05) is 20.3 Å². The molecule has 1 aliphatic rings. The van der Waals surface area contributed by atoms with E-state index in [1.165, 1.54) is 11.1 Å². The highest BCUT2D eigenvalue weighted by Gasteiger charge is 2.23. The van der Waals surface area contributed by atoms with Gasteiger partial charge in [0.05, 0.1) is 23.7 Å². The highest BCUT2D eigenvalue weighted by Crippen LogP contribution is 2.25. The molecule has 0 saturated carbocycles. The van der Waals surface area contributed by atoms with Crippen molar-refractivity contribution in [3.05, 3.63) is 57.7 Å². The topological polar surface area (TPSA) is 78.2 Å². The molecule has 0 aromatic carbocycles. The maximum Gasteiger partial charge on any atom is 0.125 e. The van der Waals surface area contributed by atoms with Crippen LogP contribution in [-0.2, 0) is 27.4 Å². The average molecular weight is 453 g/mol. The van der Waals surface area contributed by atoms with Crippen LogP contribution in [-0.4, -0.2) is 41.7 Å². The van der Waals surface area contributed by atoms with E-state index in [2.05, 4.69) is 42.1 Å². The zero-order valence-electron chi connectivity index (χ0n) is 21.0. The van der Waals surface area contributed by atoms with Crippen molar-refractivity contribution < 1.29 is 14.4 Å². The van der Waals surface area contributed by atoms with Gasteiger partial charge in [0.25, 0.3) is 0 Å². The van der Waals surface area contributed by atoms with Crippen molar-refractivity contribution in [3.63, 3.8) is 0 Å². The normalized spacial score (nSPS) is 15.5. The number of nitrogens with zero attached hydrogens (tertiary/aromatic N) is 4. The third kappa shape index (κ3) is 6.84. The number of hydrogen-bond acceptors (Lipinski definition) is 7. The summed E-state index contributed by atoms with van der Waals surface area (Å²) in [5.41, 5.74) is 8.72. The molecule has 0 spiro atoms. The predicted molar refractivity (Wildman–Crippen MR) is 131 cm³/mol. The molecule has 178 valence electrons. The molecule has 2 aromatic rings. The predicted octanol–water partition coefficient (Wildman–Crippen LogP) is 5.07. The minimum Gasteiger partial charge on any atom is -0.395 e.